The molecule has 0 bridgehead atoms. The van der Waals surface area contributed by atoms with Crippen LogP contribution >= 0.6 is 0 Å². The molecule has 1 aliphatic rings. The molecule has 1 aromatic heterocycles. The first-order chi connectivity index (χ1) is 15.4. The fraction of sp³-hybridized carbons (Fsp3) is 0.360. The molecule has 2 aromatic carbocycles. The predicted molar refractivity (Wildman–Crippen MR) is 124 cm³/mol. The quantitative estimate of drug-likeness (QED) is 0.377. The average Bonchev–Trinajstić information content (AvgIpc) is 3.19. The Labute approximate surface area is 186 Å². The van der Waals surface area contributed by atoms with Crippen LogP contribution in [0.1, 0.15) is 47.8 Å². The van der Waals surface area contributed by atoms with Crippen molar-refractivity contribution in [3.63, 3.8) is 0 Å². The summed E-state index contributed by atoms with van der Waals surface area (Å²) in [4.78, 5) is 22.6. The first kappa shape index (κ1) is 23.5. The maximum Gasteiger partial charge on any atom is 0.290 e. The number of phenols is 1. The Morgan fingerprint density at radius 2 is 1.69 bits per heavy atom. The van der Waals surface area contributed by atoms with Gasteiger partial charge in [0.25, 0.3) is 6.47 Å². The Morgan fingerprint density at radius 1 is 1.09 bits per heavy atom. The highest BCUT2D eigenvalue weighted by Crippen LogP contribution is 2.30. The zero-order valence-corrected chi connectivity index (χ0v) is 18.4. The van der Waals surface area contributed by atoms with E-state index in [1.54, 1.807) is 12.1 Å². The molecule has 0 saturated carbocycles. The van der Waals surface area contributed by atoms with Gasteiger partial charge in [0.05, 0.1) is 11.6 Å². The number of H-pyrrole nitrogens is 1. The predicted octanol–water partition coefficient (Wildman–Crippen LogP) is 2.85. The number of hydrogen-bond acceptors (Lipinski definition) is 5. The molecule has 1 heterocycles. The smallest absolute Gasteiger partial charge is 0.290 e. The van der Waals surface area contributed by atoms with Crippen LogP contribution < -0.4 is 10.9 Å². The summed E-state index contributed by atoms with van der Waals surface area (Å²) in [6, 6.07) is 11.3. The molecule has 0 spiro atoms. The number of aliphatic hydroxyl groups excluding tert-OH is 1. The van der Waals surface area contributed by atoms with Crippen molar-refractivity contribution in [1.29, 1.82) is 0 Å². The molecule has 1 aliphatic carbocycles. The zero-order chi connectivity index (χ0) is 23.3. The highest BCUT2D eigenvalue weighted by atomic mass is 16.3. The number of benzene rings is 2. The van der Waals surface area contributed by atoms with Crippen LogP contribution in [0.15, 0.2) is 41.2 Å². The molecule has 0 aliphatic heterocycles. The molecule has 4 rings (SSSR count). The van der Waals surface area contributed by atoms with Crippen molar-refractivity contribution in [2.24, 2.45) is 0 Å². The van der Waals surface area contributed by atoms with Gasteiger partial charge in [0.2, 0.25) is 5.56 Å². The Kier molecular flexibility index (Phi) is 7.66. The molecule has 1 atom stereocenters. The molecule has 7 heteroatoms. The minimum Gasteiger partial charge on any atom is -0.506 e. The number of aromatic amines is 1. The van der Waals surface area contributed by atoms with Crippen molar-refractivity contribution in [2.75, 3.05) is 6.54 Å². The van der Waals surface area contributed by atoms with Gasteiger partial charge in [-0.3, -0.25) is 9.59 Å². The second-order valence-electron chi connectivity index (χ2n) is 8.02. The molecule has 0 fully saturated rings. The molecule has 1 unspecified atom stereocenters. The maximum atomic E-state index is 11.6. The van der Waals surface area contributed by atoms with E-state index in [0.717, 1.165) is 25.7 Å². The summed E-state index contributed by atoms with van der Waals surface area (Å²) in [5.41, 5.74) is 6.49. The van der Waals surface area contributed by atoms with Gasteiger partial charge >= 0.3 is 0 Å². The van der Waals surface area contributed by atoms with Gasteiger partial charge < -0.3 is 25.6 Å². The summed E-state index contributed by atoms with van der Waals surface area (Å²) in [5, 5.41) is 31.9. The van der Waals surface area contributed by atoms with Crippen molar-refractivity contribution >= 4 is 17.4 Å². The second kappa shape index (κ2) is 10.4. The third-order valence-electron chi connectivity index (χ3n) is 6.08. The lowest BCUT2D eigenvalue weighted by molar-refractivity contribution is -0.122. The summed E-state index contributed by atoms with van der Waals surface area (Å²) in [6.45, 7) is 4.58. The van der Waals surface area contributed by atoms with Crippen molar-refractivity contribution in [3.05, 3.63) is 74.6 Å². The number of aliphatic hydroxyl groups is 1. The molecule has 0 saturated heterocycles. The topological polar surface area (TPSA) is 123 Å². The van der Waals surface area contributed by atoms with E-state index in [0.29, 0.717) is 29.1 Å². The number of aromatic hydroxyl groups is 1. The van der Waals surface area contributed by atoms with Crippen LogP contribution in [-0.2, 0) is 30.5 Å². The summed E-state index contributed by atoms with van der Waals surface area (Å²) in [7, 11) is 0. The molecule has 32 heavy (non-hydrogen) atoms. The van der Waals surface area contributed by atoms with Crippen LogP contribution in [0, 0.1) is 0 Å². The second-order valence-corrected chi connectivity index (χ2v) is 8.02. The molecular weight excluding hydrogens is 408 g/mol. The molecule has 7 nitrogen and oxygen atoms in total. The summed E-state index contributed by atoms with van der Waals surface area (Å²) in [5.74, 6) is 0.00584. The van der Waals surface area contributed by atoms with Crippen LogP contribution in [0.4, 0.5) is 0 Å². The van der Waals surface area contributed by atoms with Gasteiger partial charge in [-0.25, -0.2) is 0 Å². The van der Waals surface area contributed by atoms with E-state index in [4.69, 9.17) is 9.90 Å². The van der Waals surface area contributed by atoms with Crippen molar-refractivity contribution < 1.29 is 20.1 Å². The number of carbonyl (C=O) groups is 1. The van der Waals surface area contributed by atoms with E-state index in [1.165, 1.54) is 34.4 Å². The highest BCUT2D eigenvalue weighted by molar-refractivity contribution is 5.87. The first-order valence-electron chi connectivity index (χ1n) is 10.9. The van der Waals surface area contributed by atoms with Gasteiger partial charge in [-0.05, 0) is 65.6 Å². The van der Waals surface area contributed by atoms with Crippen LogP contribution in [-0.4, -0.2) is 39.4 Å². The number of pyridine rings is 1. The first-order valence-corrected chi connectivity index (χ1v) is 10.9. The minimum absolute atomic E-state index is 0.00584. The van der Waals surface area contributed by atoms with Gasteiger partial charge in [0, 0.05) is 24.0 Å². The monoisotopic (exact) mass is 438 g/mol. The maximum absolute atomic E-state index is 11.6. The van der Waals surface area contributed by atoms with Crippen LogP contribution in [0.2, 0.25) is 0 Å². The third-order valence-corrected chi connectivity index (χ3v) is 6.08. The lowest BCUT2D eigenvalue weighted by atomic mass is 9.97. The lowest BCUT2D eigenvalue weighted by Gasteiger charge is -2.18. The number of phenolic OH excluding ortho intramolecular Hbond substituents is 1. The SMILES string of the molecule is CCc1cc2c(cc1CC)CC(NCC(O)c1ccc(O)c3[nH]c(=O)ccc13)C2.O=CO. The lowest BCUT2D eigenvalue weighted by Crippen LogP contribution is -2.33. The average molecular weight is 439 g/mol. The van der Waals surface area contributed by atoms with Gasteiger partial charge in [-0.1, -0.05) is 32.0 Å². The Hall–Kier alpha value is -3.16. The molecule has 0 amide bonds. The van der Waals surface area contributed by atoms with Crippen LogP contribution in [0.25, 0.3) is 10.9 Å². The van der Waals surface area contributed by atoms with Crippen LogP contribution in [0.3, 0.4) is 0 Å². The normalized spacial score (nSPS) is 14.0. The van der Waals surface area contributed by atoms with Crippen molar-refractivity contribution in [2.45, 2.75) is 51.7 Å². The summed E-state index contributed by atoms with van der Waals surface area (Å²) >= 11 is 0. The number of hydrogen-bond donors (Lipinski definition) is 5. The standard InChI is InChI=1S/C24H28N2O3.CH2O2/c1-3-14-9-16-11-18(12-17(16)10-15(14)4-2)25-13-22(28)19-5-7-21(27)24-20(19)6-8-23(29)26-24;2-1-3/h5-10,18,22,25,27-28H,3-4,11-13H2,1-2H3,(H,26,29);1H,(H,2,3). The van der Waals surface area contributed by atoms with E-state index >= 15 is 0 Å². The van der Waals surface area contributed by atoms with Gasteiger partial charge in [0.1, 0.15) is 5.75 Å². The van der Waals surface area contributed by atoms with Crippen molar-refractivity contribution in [1.82, 2.24) is 10.3 Å². The van der Waals surface area contributed by atoms with E-state index in [2.05, 4.69) is 36.3 Å². The number of aromatic nitrogens is 1. The van der Waals surface area contributed by atoms with Gasteiger partial charge in [0.15, 0.2) is 0 Å². The van der Waals surface area contributed by atoms with Crippen molar-refractivity contribution in [3.8, 4) is 5.75 Å². The summed E-state index contributed by atoms with van der Waals surface area (Å²) in [6.07, 6.45) is 3.34. The Morgan fingerprint density at radius 3 is 2.25 bits per heavy atom. The fourth-order valence-corrected chi connectivity index (χ4v) is 4.51. The zero-order valence-electron chi connectivity index (χ0n) is 18.4. The van der Waals surface area contributed by atoms with E-state index in [9.17, 15) is 15.0 Å². The van der Waals surface area contributed by atoms with Gasteiger partial charge in [-0.15, -0.1) is 0 Å². The molecule has 170 valence electrons. The molecule has 3 aromatic rings. The van der Waals surface area contributed by atoms with E-state index < -0.39 is 6.10 Å². The minimum atomic E-state index is -0.731. The Balaban J connectivity index is 0.000000913. The fourth-order valence-electron chi connectivity index (χ4n) is 4.51. The molecule has 5 N–H and O–H groups in total. The highest BCUT2D eigenvalue weighted by Gasteiger charge is 2.23. The molecule has 0 radical (unpaired) electrons. The number of aryl methyl sites for hydroxylation is 2. The third kappa shape index (κ3) is 5.00. The number of fused-ring (bicyclic) bond motifs is 2. The molecular formula is C25H30N2O5. The van der Waals surface area contributed by atoms with Crippen LogP contribution in [0.5, 0.6) is 5.75 Å². The van der Waals surface area contributed by atoms with E-state index in [1.807, 2.05) is 0 Å². The number of nitrogens with one attached hydrogen (secondary N) is 2. The van der Waals surface area contributed by atoms with E-state index in [-0.39, 0.29) is 17.8 Å². The van der Waals surface area contributed by atoms with Gasteiger partial charge in [-0.2, -0.15) is 0 Å². The number of rotatable bonds is 6. The Bertz CT molecular complexity index is 1120. The number of carboxylic acid groups (broad SMARTS) is 1. The largest absolute Gasteiger partial charge is 0.506 e. The summed E-state index contributed by atoms with van der Waals surface area (Å²) < 4.78 is 0.